The van der Waals surface area contributed by atoms with Gasteiger partial charge in [-0.05, 0) is 0 Å². The second kappa shape index (κ2) is 3.17. The largest absolute Gasteiger partial charge is 0.459 e. The summed E-state index contributed by atoms with van der Waals surface area (Å²) in [4.78, 5) is 0. The molecule has 0 spiro atoms. The summed E-state index contributed by atoms with van der Waals surface area (Å²) in [7, 11) is 0. The van der Waals surface area contributed by atoms with Crippen molar-refractivity contribution in [3.05, 3.63) is 12.5 Å². The third kappa shape index (κ3) is 1.63. The molecule has 5 heteroatoms. The Morgan fingerprint density at radius 1 is 1.46 bits per heavy atom. The highest BCUT2D eigenvalue weighted by Gasteiger charge is 2.43. The van der Waals surface area contributed by atoms with E-state index in [0.29, 0.717) is 13.1 Å². The normalized spacial score (nSPS) is 27.5. The van der Waals surface area contributed by atoms with Gasteiger partial charge in [0.15, 0.2) is 0 Å². The van der Waals surface area contributed by atoms with Crippen LogP contribution in [0.4, 0.5) is 0 Å². The lowest BCUT2D eigenvalue weighted by Crippen LogP contribution is -2.66. The monoisotopic (exact) mass is 187 g/mol. The molecular formula is C8H13NO4. The molecule has 2 heterocycles. The molecule has 0 radical (unpaired) electrons. The van der Waals surface area contributed by atoms with Gasteiger partial charge in [0.25, 0.3) is 0 Å². The number of β-amino-alcohol motifs (C(OH)–C–C–N with tert-alkyl or cyclic N) is 1. The zero-order valence-electron chi connectivity index (χ0n) is 7.14. The molecule has 2 aliphatic heterocycles. The molecule has 13 heavy (non-hydrogen) atoms. The summed E-state index contributed by atoms with van der Waals surface area (Å²) in [6.07, 6.45) is 1.88. The minimum Gasteiger partial charge on any atom is -0.459 e. The summed E-state index contributed by atoms with van der Waals surface area (Å²) < 4.78 is 9.99. The summed E-state index contributed by atoms with van der Waals surface area (Å²) in [6.45, 7) is 0.850. The maximum Gasteiger partial charge on any atom is 0.242 e. The molecule has 0 saturated carbocycles. The van der Waals surface area contributed by atoms with E-state index in [1.165, 1.54) is 12.5 Å². The average Bonchev–Trinajstić information content (AvgIpc) is 2.52. The molecule has 0 aromatic carbocycles. The Hall–Kier alpha value is -0.780. The Bertz CT molecular complexity index is 206. The smallest absolute Gasteiger partial charge is 0.242 e. The Labute approximate surface area is 76.0 Å². The molecule has 5 nitrogen and oxygen atoms in total. The first-order chi connectivity index (χ1) is 6.21. The molecule has 74 valence electrons. The first-order valence-corrected chi connectivity index (χ1v) is 4.28. The van der Waals surface area contributed by atoms with E-state index in [1.807, 2.05) is 0 Å². The molecule has 0 bridgehead atoms. The van der Waals surface area contributed by atoms with Crippen LogP contribution in [-0.4, -0.2) is 41.3 Å². The number of ether oxygens (including phenoxy) is 2. The van der Waals surface area contributed by atoms with Crippen molar-refractivity contribution in [2.45, 2.75) is 24.4 Å². The Morgan fingerprint density at radius 3 is 2.54 bits per heavy atom. The molecule has 1 saturated heterocycles. The Kier molecular flexibility index (Phi) is 2.15. The van der Waals surface area contributed by atoms with Crippen molar-refractivity contribution in [3.63, 3.8) is 0 Å². The van der Waals surface area contributed by atoms with E-state index in [1.54, 1.807) is 0 Å². The van der Waals surface area contributed by atoms with E-state index in [2.05, 4.69) is 5.32 Å². The molecular weight excluding hydrogens is 174 g/mol. The molecule has 0 aromatic rings. The van der Waals surface area contributed by atoms with Crippen LogP contribution in [0.1, 0.15) is 6.42 Å². The van der Waals surface area contributed by atoms with Gasteiger partial charge in [-0.2, -0.15) is 0 Å². The van der Waals surface area contributed by atoms with Crippen molar-refractivity contribution in [1.82, 2.24) is 5.32 Å². The zero-order valence-corrected chi connectivity index (χ0v) is 7.14. The molecule has 0 amide bonds. The van der Waals surface area contributed by atoms with Crippen LogP contribution in [0.5, 0.6) is 0 Å². The number of nitrogens with one attached hydrogen (secondary N) is 1. The third-order valence-electron chi connectivity index (χ3n) is 2.41. The number of aliphatic hydroxyl groups excluding tert-OH is 1. The lowest BCUT2D eigenvalue weighted by molar-refractivity contribution is -0.142. The molecule has 3 N–H and O–H groups in total. The number of aliphatic hydroxyl groups is 2. The lowest BCUT2D eigenvalue weighted by Gasteiger charge is -2.41. The lowest BCUT2D eigenvalue weighted by atomic mass is 9.88. The third-order valence-corrected chi connectivity index (χ3v) is 2.41. The first-order valence-electron chi connectivity index (χ1n) is 4.28. The van der Waals surface area contributed by atoms with Crippen LogP contribution in [0.15, 0.2) is 12.5 Å². The quantitative estimate of drug-likeness (QED) is 0.524. The fraction of sp³-hybridized carbons (Fsp3) is 0.750. The standard InChI is InChI=1S/C8H13NO4/c10-6(8(11)4-9-5-8)3-7-12-1-2-13-7/h1-2,6-7,9-11H,3-5H2. The van der Waals surface area contributed by atoms with E-state index < -0.39 is 18.0 Å². The summed E-state index contributed by atoms with van der Waals surface area (Å²) in [5.41, 5.74) is -1.00. The van der Waals surface area contributed by atoms with Gasteiger partial charge in [-0.15, -0.1) is 0 Å². The SMILES string of the molecule is OC(CC1OC=CO1)C1(O)CNC1. The maximum absolute atomic E-state index is 9.69. The number of hydrogen-bond donors (Lipinski definition) is 3. The molecule has 1 unspecified atom stereocenters. The predicted molar refractivity (Wildman–Crippen MR) is 43.5 cm³/mol. The average molecular weight is 187 g/mol. The Balaban J connectivity index is 1.80. The molecule has 2 aliphatic rings. The highest BCUT2D eigenvalue weighted by atomic mass is 16.7. The van der Waals surface area contributed by atoms with Crippen LogP contribution in [0.2, 0.25) is 0 Å². The van der Waals surface area contributed by atoms with Crippen LogP contribution < -0.4 is 5.32 Å². The van der Waals surface area contributed by atoms with Crippen molar-refractivity contribution in [1.29, 1.82) is 0 Å². The van der Waals surface area contributed by atoms with Gasteiger partial charge in [0.05, 0.1) is 12.5 Å². The van der Waals surface area contributed by atoms with Gasteiger partial charge in [-0.3, -0.25) is 0 Å². The summed E-state index contributed by atoms with van der Waals surface area (Å²) in [5.74, 6) is 0. The molecule has 0 aliphatic carbocycles. The molecule has 1 atom stereocenters. The molecule has 2 rings (SSSR count). The maximum atomic E-state index is 9.69. The summed E-state index contributed by atoms with van der Waals surface area (Å²) >= 11 is 0. The van der Waals surface area contributed by atoms with Crippen LogP contribution in [-0.2, 0) is 9.47 Å². The van der Waals surface area contributed by atoms with Crippen molar-refractivity contribution >= 4 is 0 Å². The van der Waals surface area contributed by atoms with Crippen LogP contribution >= 0.6 is 0 Å². The van der Waals surface area contributed by atoms with Gasteiger partial charge < -0.3 is 25.0 Å². The van der Waals surface area contributed by atoms with Gasteiger partial charge in [0.2, 0.25) is 6.29 Å². The first kappa shape index (κ1) is 8.80. The highest BCUT2D eigenvalue weighted by molar-refractivity contribution is 4.99. The van der Waals surface area contributed by atoms with E-state index in [9.17, 15) is 10.2 Å². The van der Waals surface area contributed by atoms with Gasteiger partial charge in [-0.1, -0.05) is 0 Å². The fourth-order valence-electron chi connectivity index (χ4n) is 1.40. The van der Waals surface area contributed by atoms with Crippen molar-refractivity contribution in [2.24, 2.45) is 0 Å². The van der Waals surface area contributed by atoms with Crippen molar-refractivity contribution in [2.75, 3.05) is 13.1 Å². The van der Waals surface area contributed by atoms with Crippen LogP contribution in [0.25, 0.3) is 0 Å². The molecule has 1 fully saturated rings. The zero-order chi connectivity index (χ0) is 9.31. The van der Waals surface area contributed by atoms with E-state index in [4.69, 9.17) is 9.47 Å². The summed E-state index contributed by atoms with van der Waals surface area (Å²) in [5, 5.41) is 22.2. The second-order valence-corrected chi connectivity index (χ2v) is 3.43. The second-order valence-electron chi connectivity index (χ2n) is 3.43. The minimum atomic E-state index is -1.00. The van der Waals surface area contributed by atoms with Crippen molar-refractivity contribution in [3.8, 4) is 0 Å². The fourth-order valence-corrected chi connectivity index (χ4v) is 1.40. The van der Waals surface area contributed by atoms with Crippen molar-refractivity contribution < 1.29 is 19.7 Å². The number of rotatable bonds is 3. The van der Waals surface area contributed by atoms with Gasteiger partial charge in [-0.25, -0.2) is 0 Å². The minimum absolute atomic E-state index is 0.283. The number of hydrogen-bond acceptors (Lipinski definition) is 5. The van der Waals surface area contributed by atoms with E-state index >= 15 is 0 Å². The summed E-state index contributed by atoms with van der Waals surface area (Å²) in [6, 6.07) is 0. The van der Waals surface area contributed by atoms with Crippen LogP contribution in [0, 0.1) is 0 Å². The van der Waals surface area contributed by atoms with Gasteiger partial charge >= 0.3 is 0 Å². The molecule has 0 aromatic heterocycles. The topological polar surface area (TPSA) is 71.0 Å². The highest BCUT2D eigenvalue weighted by Crippen LogP contribution is 2.22. The Morgan fingerprint density at radius 2 is 2.08 bits per heavy atom. The van der Waals surface area contributed by atoms with Crippen LogP contribution in [0.3, 0.4) is 0 Å². The van der Waals surface area contributed by atoms with Gasteiger partial charge in [0.1, 0.15) is 18.1 Å². The van der Waals surface area contributed by atoms with E-state index in [-0.39, 0.29) is 6.42 Å². The van der Waals surface area contributed by atoms with E-state index in [0.717, 1.165) is 0 Å². The predicted octanol–water partition coefficient (Wildman–Crippen LogP) is -1.08. The van der Waals surface area contributed by atoms with Gasteiger partial charge in [0, 0.05) is 13.1 Å².